The molecule has 0 unspecified atom stereocenters. The fourth-order valence-electron chi connectivity index (χ4n) is 0.798. The number of hydrogen-bond acceptors (Lipinski definition) is 3. The molecule has 4 heteroatoms. The van der Waals surface area contributed by atoms with E-state index in [2.05, 4.69) is 5.16 Å². The van der Waals surface area contributed by atoms with Gasteiger partial charge in [0.2, 0.25) is 11.9 Å². The molecule has 0 atom stereocenters. The zero-order valence-corrected chi connectivity index (χ0v) is 6.10. The molecule has 4 nitrogen and oxygen atoms in total. The van der Waals surface area contributed by atoms with Gasteiger partial charge in [-0.05, 0) is 6.07 Å². The Labute approximate surface area is 64.0 Å². The Morgan fingerprint density at radius 1 is 1.55 bits per heavy atom. The molecule has 0 aliphatic rings. The van der Waals surface area contributed by atoms with E-state index in [1.165, 1.54) is 18.5 Å². The summed E-state index contributed by atoms with van der Waals surface area (Å²) in [6.07, 6.45) is 2.82. The minimum atomic E-state index is 0.183. The summed E-state index contributed by atoms with van der Waals surface area (Å²) in [7, 11) is 1.75. The van der Waals surface area contributed by atoms with E-state index in [9.17, 15) is 0 Å². The second-order valence-electron chi connectivity index (χ2n) is 2.17. The van der Waals surface area contributed by atoms with Gasteiger partial charge in [0.05, 0.1) is 0 Å². The summed E-state index contributed by atoms with van der Waals surface area (Å²) in [4.78, 5) is 0. The molecular weight excluding hydrogens is 144 g/mol. The standard InChI is InChI=1S/C7H8N2O2/c1-9-5-7(10)3-2-6(9)4-8-11/h2-5,10H,1H3/p+1. The molecule has 1 rings (SSSR count). The molecule has 58 valence electrons. The lowest BCUT2D eigenvalue weighted by atomic mass is 10.3. The SMILES string of the molecule is C[n+]1cc(O)ccc1/C=N/O. The molecule has 0 fully saturated rings. The number of pyridine rings is 1. The normalized spacial score (nSPS) is 10.6. The van der Waals surface area contributed by atoms with Gasteiger partial charge < -0.3 is 10.3 Å². The van der Waals surface area contributed by atoms with E-state index in [4.69, 9.17) is 10.3 Å². The quantitative estimate of drug-likeness (QED) is 0.259. The van der Waals surface area contributed by atoms with Gasteiger partial charge in [0.25, 0.3) is 0 Å². The fourth-order valence-corrected chi connectivity index (χ4v) is 0.798. The summed E-state index contributed by atoms with van der Waals surface area (Å²) in [5.41, 5.74) is 0.713. The third-order valence-electron chi connectivity index (χ3n) is 1.35. The first-order chi connectivity index (χ1) is 5.24. The van der Waals surface area contributed by atoms with Gasteiger partial charge in [-0.25, -0.2) is 0 Å². The highest BCUT2D eigenvalue weighted by atomic mass is 16.4. The number of hydrogen-bond donors (Lipinski definition) is 2. The van der Waals surface area contributed by atoms with Crippen LogP contribution in [0.1, 0.15) is 5.69 Å². The molecular formula is C7H9N2O2+. The van der Waals surface area contributed by atoms with Gasteiger partial charge >= 0.3 is 0 Å². The van der Waals surface area contributed by atoms with Crippen LogP contribution in [0, 0.1) is 0 Å². The highest BCUT2D eigenvalue weighted by molar-refractivity contribution is 5.74. The summed E-state index contributed by atoms with van der Waals surface area (Å²) >= 11 is 0. The van der Waals surface area contributed by atoms with Crippen LogP contribution in [0.2, 0.25) is 0 Å². The minimum absolute atomic E-state index is 0.183. The van der Waals surface area contributed by atoms with Crippen molar-refractivity contribution in [1.29, 1.82) is 0 Å². The van der Waals surface area contributed by atoms with Gasteiger partial charge in [0.15, 0.2) is 5.75 Å². The zero-order chi connectivity index (χ0) is 8.27. The van der Waals surface area contributed by atoms with Crippen molar-refractivity contribution in [1.82, 2.24) is 0 Å². The van der Waals surface area contributed by atoms with E-state index in [-0.39, 0.29) is 5.75 Å². The van der Waals surface area contributed by atoms with Crippen molar-refractivity contribution in [2.75, 3.05) is 0 Å². The van der Waals surface area contributed by atoms with Crippen molar-refractivity contribution in [3.63, 3.8) is 0 Å². The lowest BCUT2D eigenvalue weighted by Gasteiger charge is -1.92. The van der Waals surface area contributed by atoms with Gasteiger partial charge in [0.1, 0.15) is 13.3 Å². The first kappa shape index (κ1) is 7.53. The van der Waals surface area contributed by atoms with Crippen molar-refractivity contribution in [2.45, 2.75) is 0 Å². The highest BCUT2D eigenvalue weighted by Crippen LogP contribution is 2.02. The minimum Gasteiger partial charge on any atom is -0.503 e. The zero-order valence-electron chi connectivity index (χ0n) is 6.10. The number of nitrogens with zero attached hydrogens (tertiary/aromatic N) is 2. The summed E-state index contributed by atoms with van der Waals surface area (Å²) in [5.74, 6) is 0.183. The molecule has 0 saturated carbocycles. The monoisotopic (exact) mass is 153 g/mol. The first-order valence-corrected chi connectivity index (χ1v) is 3.10. The Morgan fingerprint density at radius 2 is 2.27 bits per heavy atom. The summed E-state index contributed by atoms with van der Waals surface area (Å²) < 4.78 is 1.65. The lowest BCUT2D eigenvalue weighted by molar-refractivity contribution is -0.672. The van der Waals surface area contributed by atoms with Crippen molar-refractivity contribution >= 4 is 6.21 Å². The Balaban J connectivity index is 3.09. The summed E-state index contributed by atoms with van der Waals surface area (Å²) in [5, 5.41) is 20.1. The third-order valence-corrected chi connectivity index (χ3v) is 1.35. The molecule has 1 heterocycles. The van der Waals surface area contributed by atoms with Crippen LogP contribution in [0.15, 0.2) is 23.5 Å². The van der Waals surface area contributed by atoms with E-state index in [0.717, 1.165) is 0 Å². The maximum Gasteiger partial charge on any atom is 0.227 e. The van der Waals surface area contributed by atoms with E-state index in [0.29, 0.717) is 5.69 Å². The molecule has 0 aromatic carbocycles. The Morgan fingerprint density at radius 3 is 2.82 bits per heavy atom. The topological polar surface area (TPSA) is 56.7 Å². The van der Waals surface area contributed by atoms with Crippen LogP contribution >= 0.6 is 0 Å². The highest BCUT2D eigenvalue weighted by Gasteiger charge is 2.03. The van der Waals surface area contributed by atoms with Gasteiger partial charge in [-0.1, -0.05) is 5.16 Å². The van der Waals surface area contributed by atoms with E-state index < -0.39 is 0 Å². The molecule has 0 aliphatic heterocycles. The van der Waals surface area contributed by atoms with Crippen molar-refractivity contribution in [3.8, 4) is 5.75 Å². The van der Waals surface area contributed by atoms with Crippen LogP contribution in [0.25, 0.3) is 0 Å². The number of oxime groups is 1. The van der Waals surface area contributed by atoms with Gasteiger partial charge in [-0.3, -0.25) is 0 Å². The smallest absolute Gasteiger partial charge is 0.227 e. The van der Waals surface area contributed by atoms with Crippen LogP contribution in [0.4, 0.5) is 0 Å². The van der Waals surface area contributed by atoms with Gasteiger partial charge in [-0.2, -0.15) is 4.57 Å². The maximum absolute atomic E-state index is 8.98. The van der Waals surface area contributed by atoms with E-state index >= 15 is 0 Å². The summed E-state index contributed by atoms with van der Waals surface area (Å²) in [6.45, 7) is 0. The lowest BCUT2D eigenvalue weighted by Crippen LogP contribution is -2.32. The van der Waals surface area contributed by atoms with Crippen molar-refractivity contribution < 1.29 is 14.9 Å². The predicted octanol–water partition coefficient (Wildman–Crippen LogP) is 0.0248. The molecule has 0 aliphatic carbocycles. The van der Waals surface area contributed by atoms with Crippen LogP contribution in [-0.4, -0.2) is 16.5 Å². The van der Waals surface area contributed by atoms with Crippen LogP contribution in [-0.2, 0) is 7.05 Å². The first-order valence-electron chi connectivity index (χ1n) is 3.10. The molecule has 0 spiro atoms. The van der Waals surface area contributed by atoms with Crippen LogP contribution in [0.5, 0.6) is 5.75 Å². The Hall–Kier alpha value is -1.58. The molecule has 1 aromatic rings. The number of aromatic hydroxyl groups is 1. The fraction of sp³-hybridized carbons (Fsp3) is 0.143. The average molecular weight is 153 g/mol. The van der Waals surface area contributed by atoms with E-state index in [1.807, 2.05) is 0 Å². The van der Waals surface area contributed by atoms with Gasteiger partial charge in [-0.15, -0.1) is 0 Å². The largest absolute Gasteiger partial charge is 0.503 e. The second-order valence-corrected chi connectivity index (χ2v) is 2.17. The molecule has 0 bridgehead atoms. The maximum atomic E-state index is 8.98. The van der Waals surface area contributed by atoms with Crippen LogP contribution < -0.4 is 4.57 Å². The van der Waals surface area contributed by atoms with Crippen LogP contribution in [0.3, 0.4) is 0 Å². The molecule has 0 amide bonds. The molecule has 0 radical (unpaired) electrons. The Kier molecular flexibility index (Phi) is 2.06. The van der Waals surface area contributed by atoms with Crippen molar-refractivity contribution in [3.05, 3.63) is 24.0 Å². The molecule has 2 N–H and O–H groups in total. The molecule has 0 saturated heterocycles. The number of rotatable bonds is 1. The van der Waals surface area contributed by atoms with Gasteiger partial charge in [0, 0.05) is 6.07 Å². The average Bonchev–Trinajstić information content (AvgIpc) is 1.95. The number of aromatic nitrogens is 1. The van der Waals surface area contributed by atoms with Crippen molar-refractivity contribution in [2.24, 2.45) is 12.2 Å². The predicted molar refractivity (Wildman–Crippen MR) is 38.7 cm³/mol. The molecule has 11 heavy (non-hydrogen) atoms. The second kappa shape index (κ2) is 3.01. The summed E-state index contributed by atoms with van der Waals surface area (Å²) in [6, 6.07) is 3.17. The number of aryl methyl sites for hydroxylation is 1. The molecule has 1 aromatic heterocycles. The Bertz CT molecular complexity index is 284. The van der Waals surface area contributed by atoms with E-state index in [1.54, 1.807) is 17.7 Å². The third kappa shape index (κ3) is 1.67.